The fourth-order valence-electron chi connectivity index (χ4n) is 1.84. The van der Waals surface area contributed by atoms with Crippen LogP contribution in [0, 0.1) is 11.8 Å². The van der Waals surface area contributed by atoms with Crippen molar-refractivity contribution >= 4 is 28.6 Å². The Kier molecular flexibility index (Phi) is 4.57. The van der Waals surface area contributed by atoms with Gasteiger partial charge in [0.2, 0.25) is 0 Å². The summed E-state index contributed by atoms with van der Waals surface area (Å²) in [4.78, 5) is 9.67. The van der Waals surface area contributed by atoms with E-state index in [4.69, 9.17) is 0 Å². The standard InChI is InChI=1S/C18H11BrN2S/c19-15-6-10-18(21-12-15)17-9-5-14(11-20-17)2-1-13-3-7-16(22)8-4-13/h3-12,22H. The second-order valence-electron chi connectivity index (χ2n) is 4.59. The van der Waals surface area contributed by atoms with Crippen molar-refractivity contribution in [3.05, 3.63) is 76.5 Å². The summed E-state index contributed by atoms with van der Waals surface area (Å²) in [6.07, 6.45) is 3.52. The zero-order chi connectivity index (χ0) is 15.4. The van der Waals surface area contributed by atoms with E-state index >= 15 is 0 Å². The van der Waals surface area contributed by atoms with E-state index in [0.717, 1.165) is 31.9 Å². The molecular formula is C18H11BrN2S. The fraction of sp³-hybridized carbons (Fsp3) is 0. The minimum absolute atomic E-state index is 0.831. The first-order valence-corrected chi connectivity index (χ1v) is 7.84. The Labute approximate surface area is 143 Å². The van der Waals surface area contributed by atoms with Gasteiger partial charge in [0, 0.05) is 32.9 Å². The molecule has 0 amide bonds. The normalized spacial score (nSPS) is 9.91. The summed E-state index contributed by atoms with van der Waals surface area (Å²) >= 11 is 7.63. The fourth-order valence-corrected chi connectivity index (χ4v) is 2.22. The second-order valence-corrected chi connectivity index (χ2v) is 6.02. The van der Waals surface area contributed by atoms with E-state index in [0.29, 0.717) is 0 Å². The first-order valence-electron chi connectivity index (χ1n) is 6.60. The van der Waals surface area contributed by atoms with Gasteiger partial charge in [0.15, 0.2) is 0 Å². The summed E-state index contributed by atoms with van der Waals surface area (Å²) in [5.41, 5.74) is 3.50. The Hall–Kier alpha value is -2.09. The monoisotopic (exact) mass is 366 g/mol. The molecule has 0 bridgehead atoms. The average Bonchev–Trinajstić information content (AvgIpc) is 2.56. The molecule has 2 aromatic heterocycles. The highest BCUT2D eigenvalue weighted by Gasteiger charge is 2.00. The number of rotatable bonds is 1. The third-order valence-corrected chi connectivity index (χ3v) is 3.74. The molecule has 2 heterocycles. The molecule has 22 heavy (non-hydrogen) atoms. The van der Waals surface area contributed by atoms with Gasteiger partial charge in [0.05, 0.1) is 11.4 Å². The highest BCUT2D eigenvalue weighted by atomic mass is 79.9. The number of benzene rings is 1. The SMILES string of the molecule is Sc1ccc(C#Cc2ccc(-c3ccc(Br)cn3)nc2)cc1. The van der Waals surface area contributed by atoms with Crippen LogP contribution in [0.2, 0.25) is 0 Å². The van der Waals surface area contributed by atoms with Gasteiger partial charge in [-0.1, -0.05) is 11.8 Å². The summed E-state index contributed by atoms with van der Waals surface area (Å²) in [7, 11) is 0. The van der Waals surface area contributed by atoms with Crippen LogP contribution >= 0.6 is 28.6 Å². The van der Waals surface area contributed by atoms with Gasteiger partial charge in [-0.2, -0.15) is 0 Å². The van der Waals surface area contributed by atoms with Gasteiger partial charge < -0.3 is 0 Å². The minimum atomic E-state index is 0.831. The zero-order valence-corrected chi connectivity index (χ0v) is 14.0. The Bertz CT molecular complexity index is 830. The van der Waals surface area contributed by atoms with Crippen LogP contribution in [0.3, 0.4) is 0 Å². The van der Waals surface area contributed by atoms with Gasteiger partial charge in [-0.25, -0.2) is 0 Å². The largest absolute Gasteiger partial charge is 0.253 e. The maximum Gasteiger partial charge on any atom is 0.0887 e. The third kappa shape index (κ3) is 3.76. The van der Waals surface area contributed by atoms with Gasteiger partial charge in [-0.05, 0) is 64.5 Å². The van der Waals surface area contributed by atoms with E-state index in [9.17, 15) is 0 Å². The van der Waals surface area contributed by atoms with Gasteiger partial charge in [-0.15, -0.1) is 12.6 Å². The first kappa shape index (κ1) is 14.8. The van der Waals surface area contributed by atoms with Crippen molar-refractivity contribution in [3.63, 3.8) is 0 Å². The van der Waals surface area contributed by atoms with Crippen molar-refractivity contribution in [2.24, 2.45) is 0 Å². The van der Waals surface area contributed by atoms with E-state index in [2.05, 4.69) is 50.4 Å². The highest BCUT2D eigenvalue weighted by Crippen LogP contribution is 2.16. The summed E-state index contributed by atoms with van der Waals surface area (Å²) in [6, 6.07) is 15.5. The van der Waals surface area contributed by atoms with E-state index in [1.165, 1.54) is 0 Å². The highest BCUT2D eigenvalue weighted by molar-refractivity contribution is 9.10. The number of aromatic nitrogens is 2. The predicted octanol–water partition coefficient (Wildman–Crippen LogP) is 4.59. The molecule has 4 heteroatoms. The maximum atomic E-state index is 4.41. The van der Waals surface area contributed by atoms with Crippen molar-refractivity contribution in [2.45, 2.75) is 4.90 Å². The Morgan fingerprint density at radius 2 is 1.32 bits per heavy atom. The lowest BCUT2D eigenvalue weighted by Crippen LogP contribution is -1.87. The second kappa shape index (κ2) is 6.78. The molecule has 0 aliphatic heterocycles. The number of thiol groups is 1. The predicted molar refractivity (Wildman–Crippen MR) is 94.8 cm³/mol. The van der Waals surface area contributed by atoms with E-state index in [1.807, 2.05) is 48.5 Å². The molecule has 2 nitrogen and oxygen atoms in total. The maximum absolute atomic E-state index is 4.41. The summed E-state index contributed by atoms with van der Waals surface area (Å²) in [5, 5.41) is 0. The van der Waals surface area contributed by atoms with Crippen LogP contribution in [0.5, 0.6) is 0 Å². The summed E-state index contributed by atoms with van der Waals surface area (Å²) in [5.74, 6) is 6.21. The lowest BCUT2D eigenvalue weighted by Gasteiger charge is -1.99. The van der Waals surface area contributed by atoms with Crippen LogP contribution in [0.4, 0.5) is 0 Å². The van der Waals surface area contributed by atoms with Crippen LogP contribution in [-0.4, -0.2) is 9.97 Å². The minimum Gasteiger partial charge on any atom is -0.253 e. The number of hydrogen-bond donors (Lipinski definition) is 1. The van der Waals surface area contributed by atoms with Crippen molar-refractivity contribution in [3.8, 4) is 23.2 Å². The third-order valence-electron chi connectivity index (χ3n) is 2.97. The first-order chi connectivity index (χ1) is 10.7. The smallest absolute Gasteiger partial charge is 0.0887 e. The van der Waals surface area contributed by atoms with E-state index in [-0.39, 0.29) is 0 Å². The van der Waals surface area contributed by atoms with Gasteiger partial charge in [0.1, 0.15) is 0 Å². The number of pyridine rings is 2. The molecule has 3 aromatic rings. The van der Waals surface area contributed by atoms with E-state index in [1.54, 1.807) is 12.4 Å². The van der Waals surface area contributed by atoms with Crippen LogP contribution in [0.15, 0.2) is 70.3 Å². The van der Waals surface area contributed by atoms with Crippen LogP contribution in [0.25, 0.3) is 11.4 Å². The molecule has 0 unspecified atom stereocenters. The van der Waals surface area contributed by atoms with Crippen molar-refractivity contribution < 1.29 is 0 Å². The zero-order valence-electron chi connectivity index (χ0n) is 11.5. The quantitative estimate of drug-likeness (QED) is 0.503. The molecule has 106 valence electrons. The lowest BCUT2D eigenvalue weighted by atomic mass is 10.2. The molecule has 0 saturated heterocycles. The Morgan fingerprint density at radius 1 is 0.727 bits per heavy atom. The molecule has 0 spiro atoms. The topological polar surface area (TPSA) is 25.8 Å². The van der Waals surface area contributed by atoms with Crippen LogP contribution in [0.1, 0.15) is 11.1 Å². The average molecular weight is 367 g/mol. The molecule has 0 fully saturated rings. The molecule has 1 aromatic carbocycles. The number of hydrogen-bond acceptors (Lipinski definition) is 3. The lowest BCUT2D eigenvalue weighted by molar-refractivity contribution is 1.23. The molecular weight excluding hydrogens is 356 g/mol. The van der Waals surface area contributed by atoms with Crippen molar-refractivity contribution in [1.82, 2.24) is 9.97 Å². The molecule has 0 N–H and O–H groups in total. The molecule has 0 radical (unpaired) electrons. The van der Waals surface area contributed by atoms with Gasteiger partial charge in [0.25, 0.3) is 0 Å². The Morgan fingerprint density at radius 3 is 1.91 bits per heavy atom. The summed E-state index contributed by atoms with van der Waals surface area (Å²) < 4.78 is 0.950. The number of nitrogens with zero attached hydrogens (tertiary/aromatic N) is 2. The molecule has 0 atom stereocenters. The molecule has 0 saturated carbocycles. The molecule has 3 rings (SSSR count). The number of halogens is 1. The Balaban J connectivity index is 1.80. The van der Waals surface area contributed by atoms with Crippen molar-refractivity contribution in [1.29, 1.82) is 0 Å². The van der Waals surface area contributed by atoms with Crippen LogP contribution in [-0.2, 0) is 0 Å². The van der Waals surface area contributed by atoms with Crippen molar-refractivity contribution in [2.75, 3.05) is 0 Å². The molecule has 0 aliphatic carbocycles. The molecule has 0 aliphatic rings. The van der Waals surface area contributed by atoms with Crippen LogP contribution < -0.4 is 0 Å². The van der Waals surface area contributed by atoms with Gasteiger partial charge in [-0.3, -0.25) is 9.97 Å². The van der Waals surface area contributed by atoms with E-state index < -0.39 is 0 Å². The van der Waals surface area contributed by atoms with Gasteiger partial charge >= 0.3 is 0 Å². The summed E-state index contributed by atoms with van der Waals surface area (Å²) in [6.45, 7) is 0.